The number of rotatable bonds is 7. The number of benzene rings is 2. The van der Waals surface area contributed by atoms with Crippen molar-refractivity contribution in [3.05, 3.63) is 57.6 Å². The van der Waals surface area contributed by atoms with Gasteiger partial charge in [-0.15, -0.1) is 11.8 Å². The molecule has 1 heterocycles. The molecule has 7 nitrogen and oxygen atoms in total. The fourth-order valence-electron chi connectivity index (χ4n) is 2.83. The molecule has 0 bridgehead atoms. The monoisotopic (exact) mass is 442 g/mol. The average molecular weight is 442 g/mol. The Kier molecular flexibility index (Phi) is 6.40. The van der Waals surface area contributed by atoms with E-state index in [1.54, 1.807) is 30.0 Å². The average Bonchev–Trinajstić information content (AvgIpc) is 3.17. The molecule has 0 unspecified atom stereocenters. The van der Waals surface area contributed by atoms with Crippen LogP contribution in [0.25, 0.3) is 0 Å². The number of nitrogens with zero attached hydrogens (tertiary/aromatic N) is 2. The van der Waals surface area contributed by atoms with Gasteiger partial charge in [0.15, 0.2) is 11.5 Å². The number of amides is 1. The quantitative estimate of drug-likeness (QED) is 0.357. The van der Waals surface area contributed by atoms with Crippen molar-refractivity contribution in [2.75, 3.05) is 19.1 Å². The molecule has 3 rings (SSSR count). The van der Waals surface area contributed by atoms with E-state index in [0.717, 1.165) is 29.5 Å². The maximum absolute atomic E-state index is 12.8. The number of ether oxygens (including phenoxy) is 2. The van der Waals surface area contributed by atoms with E-state index >= 15 is 0 Å². The van der Waals surface area contributed by atoms with Crippen molar-refractivity contribution in [2.45, 2.75) is 24.5 Å². The first-order valence-corrected chi connectivity index (χ1v) is 9.82. The van der Waals surface area contributed by atoms with Crippen molar-refractivity contribution in [2.24, 2.45) is 0 Å². The third kappa shape index (κ3) is 4.96. The van der Waals surface area contributed by atoms with E-state index in [2.05, 4.69) is 0 Å². The van der Waals surface area contributed by atoms with Gasteiger partial charge in [-0.1, -0.05) is 6.07 Å². The summed E-state index contributed by atoms with van der Waals surface area (Å²) in [4.78, 5) is 24.4. The fourth-order valence-corrected chi connectivity index (χ4v) is 3.73. The lowest BCUT2D eigenvalue weighted by molar-refractivity contribution is -0.388. The topological polar surface area (TPSA) is 81.9 Å². The number of nitro benzene ring substituents is 1. The standard InChI is InChI=1S/C19H17F3N2O5S/c1-2-23(9-12-3-5-15-16(7-12)29-11-28-15)18(25)10-30-17-6-4-13(19(20,21)22)8-14(17)24(26)27/h3-8H,2,9-11H2,1H3. The second kappa shape index (κ2) is 8.82. The smallest absolute Gasteiger partial charge is 0.416 e. The molecule has 11 heteroatoms. The zero-order valence-corrected chi connectivity index (χ0v) is 16.6. The molecule has 0 aromatic heterocycles. The summed E-state index contributed by atoms with van der Waals surface area (Å²) >= 11 is 0.832. The Hall–Kier alpha value is -2.95. The predicted molar refractivity (Wildman–Crippen MR) is 102 cm³/mol. The van der Waals surface area contributed by atoms with Crippen LogP contribution in [0.3, 0.4) is 0 Å². The van der Waals surface area contributed by atoms with E-state index in [9.17, 15) is 28.1 Å². The highest BCUT2D eigenvalue weighted by molar-refractivity contribution is 8.00. The summed E-state index contributed by atoms with van der Waals surface area (Å²) in [6.45, 7) is 2.61. The summed E-state index contributed by atoms with van der Waals surface area (Å²) in [6, 6.07) is 7.59. The summed E-state index contributed by atoms with van der Waals surface area (Å²) < 4.78 is 49.0. The second-order valence-electron chi connectivity index (χ2n) is 6.32. The molecule has 1 amide bonds. The lowest BCUT2D eigenvalue weighted by atomic mass is 10.2. The zero-order valence-electron chi connectivity index (χ0n) is 15.8. The molecule has 0 aliphatic carbocycles. The Balaban J connectivity index is 1.68. The van der Waals surface area contributed by atoms with Crippen molar-refractivity contribution < 1.29 is 32.4 Å². The van der Waals surface area contributed by atoms with Gasteiger partial charge < -0.3 is 14.4 Å². The van der Waals surface area contributed by atoms with Crippen molar-refractivity contribution in [1.82, 2.24) is 4.90 Å². The van der Waals surface area contributed by atoms with E-state index in [1.807, 2.05) is 0 Å². The van der Waals surface area contributed by atoms with Gasteiger partial charge in [-0.2, -0.15) is 13.2 Å². The molecule has 30 heavy (non-hydrogen) atoms. The largest absolute Gasteiger partial charge is 0.454 e. The second-order valence-corrected chi connectivity index (χ2v) is 7.34. The highest BCUT2D eigenvalue weighted by Gasteiger charge is 2.33. The molecule has 0 saturated heterocycles. The number of hydrogen-bond donors (Lipinski definition) is 0. The summed E-state index contributed by atoms with van der Waals surface area (Å²) in [5, 5.41) is 11.2. The normalized spacial score (nSPS) is 12.7. The van der Waals surface area contributed by atoms with E-state index in [4.69, 9.17) is 9.47 Å². The first-order valence-electron chi connectivity index (χ1n) is 8.83. The molecule has 1 aliphatic rings. The van der Waals surface area contributed by atoms with Gasteiger partial charge in [-0.25, -0.2) is 0 Å². The highest BCUT2D eigenvalue weighted by Crippen LogP contribution is 2.37. The van der Waals surface area contributed by atoms with Crippen LogP contribution < -0.4 is 9.47 Å². The number of carbonyl (C=O) groups excluding carboxylic acids is 1. The van der Waals surface area contributed by atoms with Gasteiger partial charge in [-0.05, 0) is 36.8 Å². The van der Waals surface area contributed by atoms with Crippen molar-refractivity contribution in [3.8, 4) is 11.5 Å². The Morgan fingerprint density at radius 3 is 2.60 bits per heavy atom. The van der Waals surface area contributed by atoms with Gasteiger partial charge in [0.25, 0.3) is 5.69 Å². The minimum atomic E-state index is -4.69. The van der Waals surface area contributed by atoms with Gasteiger partial charge in [0.05, 0.1) is 21.1 Å². The Morgan fingerprint density at radius 1 is 1.20 bits per heavy atom. The SMILES string of the molecule is CCN(Cc1ccc2c(c1)OCO2)C(=O)CSc1ccc(C(F)(F)F)cc1[N+](=O)[O-]. The number of thioether (sulfide) groups is 1. The molecule has 0 N–H and O–H groups in total. The molecule has 0 spiro atoms. The van der Waals surface area contributed by atoms with Crippen LogP contribution in [0.2, 0.25) is 0 Å². The van der Waals surface area contributed by atoms with Crippen molar-refractivity contribution >= 4 is 23.4 Å². The van der Waals surface area contributed by atoms with Crippen LogP contribution in [0.15, 0.2) is 41.3 Å². The van der Waals surface area contributed by atoms with Gasteiger partial charge in [0.2, 0.25) is 12.7 Å². The number of alkyl halides is 3. The maximum atomic E-state index is 12.8. The van der Waals surface area contributed by atoms with Gasteiger partial charge in [0.1, 0.15) is 0 Å². The zero-order chi connectivity index (χ0) is 21.9. The van der Waals surface area contributed by atoms with E-state index in [1.165, 1.54) is 0 Å². The number of nitro groups is 1. The Bertz CT molecular complexity index is 968. The van der Waals surface area contributed by atoms with E-state index < -0.39 is 22.4 Å². The van der Waals surface area contributed by atoms with Crippen LogP contribution >= 0.6 is 11.8 Å². The van der Waals surface area contributed by atoms with Gasteiger partial charge >= 0.3 is 6.18 Å². The predicted octanol–water partition coefficient (Wildman–Crippen LogP) is 4.48. The molecule has 0 saturated carbocycles. The number of hydrogen-bond acceptors (Lipinski definition) is 6. The summed E-state index contributed by atoms with van der Waals surface area (Å²) in [5.74, 6) is 0.767. The molecule has 1 aliphatic heterocycles. The number of carbonyl (C=O) groups is 1. The summed E-state index contributed by atoms with van der Waals surface area (Å²) in [5.41, 5.74) is -0.968. The molecule has 0 atom stereocenters. The Morgan fingerprint density at radius 2 is 1.93 bits per heavy atom. The van der Waals surface area contributed by atoms with Crippen LogP contribution in [0.5, 0.6) is 11.5 Å². The van der Waals surface area contributed by atoms with Crippen LogP contribution in [-0.4, -0.2) is 34.8 Å². The molecule has 160 valence electrons. The highest BCUT2D eigenvalue weighted by atomic mass is 32.2. The molecular weight excluding hydrogens is 425 g/mol. The van der Waals surface area contributed by atoms with Gasteiger partial charge in [-0.3, -0.25) is 14.9 Å². The van der Waals surface area contributed by atoms with Crippen LogP contribution in [0, 0.1) is 10.1 Å². The minimum absolute atomic E-state index is 0.000447. The van der Waals surface area contributed by atoms with Crippen molar-refractivity contribution in [3.63, 3.8) is 0 Å². The summed E-state index contributed by atoms with van der Waals surface area (Å²) in [7, 11) is 0. The number of fused-ring (bicyclic) bond motifs is 1. The Labute approximate surface area is 173 Å². The van der Waals surface area contributed by atoms with E-state index in [0.29, 0.717) is 30.7 Å². The lowest BCUT2D eigenvalue weighted by Gasteiger charge is -2.21. The lowest BCUT2D eigenvalue weighted by Crippen LogP contribution is -2.31. The maximum Gasteiger partial charge on any atom is 0.416 e. The van der Waals surface area contributed by atoms with Crippen LogP contribution in [-0.2, 0) is 17.5 Å². The molecule has 0 radical (unpaired) electrons. The van der Waals surface area contributed by atoms with Crippen molar-refractivity contribution in [1.29, 1.82) is 0 Å². The van der Waals surface area contributed by atoms with Crippen LogP contribution in [0.1, 0.15) is 18.1 Å². The fraction of sp³-hybridized carbons (Fsp3) is 0.316. The molecule has 0 fully saturated rings. The minimum Gasteiger partial charge on any atom is -0.454 e. The molecular formula is C19H17F3N2O5S. The first kappa shape index (κ1) is 21.8. The molecule has 2 aromatic carbocycles. The number of halogens is 3. The third-order valence-electron chi connectivity index (χ3n) is 4.38. The van der Waals surface area contributed by atoms with Crippen LogP contribution in [0.4, 0.5) is 18.9 Å². The molecule has 2 aromatic rings. The first-order chi connectivity index (χ1) is 14.2. The van der Waals surface area contributed by atoms with E-state index in [-0.39, 0.29) is 23.3 Å². The summed E-state index contributed by atoms with van der Waals surface area (Å²) in [6.07, 6.45) is -4.69. The van der Waals surface area contributed by atoms with Gasteiger partial charge in [0, 0.05) is 19.2 Å². The third-order valence-corrected chi connectivity index (χ3v) is 5.43.